The average molecular weight is 314 g/mol. The van der Waals surface area contributed by atoms with Gasteiger partial charge in [-0.1, -0.05) is 34.1 Å². The van der Waals surface area contributed by atoms with Gasteiger partial charge in [0, 0.05) is 4.47 Å². The third kappa shape index (κ3) is 2.59. The summed E-state index contributed by atoms with van der Waals surface area (Å²) in [4.78, 5) is 15.9. The highest BCUT2D eigenvalue weighted by Crippen LogP contribution is 2.30. The molecule has 0 bridgehead atoms. The predicted octanol–water partition coefficient (Wildman–Crippen LogP) is 3.78. The molecule has 2 nitrogen and oxygen atoms in total. The summed E-state index contributed by atoms with van der Waals surface area (Å²) in [5.41, 5.74) is 1.49. The van der Waals surface area contributed by atoms with E-state index < -0.39 is 0 Å². The van der Waals surface area contributed by atoms with Crippen molar-refractivity contribution in [2.24, 2.45) is 4.99 Å². The van der Waals surface area contributed by atoms with Crippen LogP contribution in [0.1, 0.15) is 5.56 Å². The van der Waals surface area contributed by atoms with Crippen LogP contribution in [0.2, 0.25) is 0 Å². The molecule has 16 heavy (non-hydrogen) atoms. The van der Waals surface area contributed by atoms with E-state index in [9.17, 15) is 4.79 Å². The highest BCUT2D eigenvalue weighted by molar-refractivity contribution is 9.10. The van der Waals surface area contributed by atoms with Crippen LogP contribution in [0.4, 0.5) is 0 Å². The van der Waals surface area contributed by atoms with E-state index in [0.717, 1.165) is 14.4 Å². The standard InChI is InChI=1S/C11H8BrNOS2/c1-15-11-13-9(10(14)16-11)6-7-4-2-3-5-8(7)12/h2-6H,1H3. The summed E-state index contributed by atoms with van der Waals surface area (Å²) in [5, 5.41) is 0.0140. The van der Waals surface area contributed by atoms with Gasteiger partial charge in [-0.05, 0) is 35.7 Å². The third-order valence-electron chi connectivity index (χ3n) is 1.97. The highest BCUT2D eigenvalue weighted by atomic mass is 79.9. The van der Waals surface area contributed by atoms with Gasteiger partial charge in [0.15, 0.2) is 0 Å². The van der Waals surface area contributed by atoms with Crippen LogP contribution in [0.5, 0.6) is 0 Å². The fraction of sp³-hybridized carbons (Fsp3) is 0.0909. The van der Waals surface area contributed by atoms with Crippen LogP contribution in [0.15, 0.2) is 39.4 Å². The topological polar surface area (TPSA) is 29.4 Å². The van der Waals surface area contributed by atoms with Crippen LogP contribution in [0.3, 0.4) is 0 Å². The Balaban J connectivity index is 2.35. The lowest BCUT2D eigenvalue weighted by molar-refractivity contribution is -0.107. The van der Waals surface area contributed by atoms with Gasteiger partial charge in [0.1, 0.15) is 10.1 Å². The maximum Gasteiger partial charge on any atom is 0.244 e. The Labute approximate surface area is 111 Å². The second kappa shape index (κ2) is 5.21. The molecule has 0 amide bonds. The fourth-order valence-electron chi connectivity index (χ4n) is 1.22. The van der Waals surface area contributed by atoms with Gasteiger partial charge in [-0.2, -0.15) is 0 Å². The molecule has 0 aliphatic carbocycles. The minimum absolute atomic E-state index is 0.0140. The zero-order valence-corrected chi connectivity index (χ0v) is 11.7. The first-order chi connectivity index (χ1) is 7.70. The molecule has 82 valence electrons. The largest absolute Gasteiger partial charge is 0.279 e. The lowest BCUT2D eigenvalue weighted by atomic mass is 10.2. The summed E-state index contributed by atoms with van der Waals surface area (Å²) in [7, 11) is 0. The Morgan fingerprint density at radius 3 is 2.81 bits per heavy atom. The quantitative estimate of drug-likeness (QED) is 0.739. The molecule has 0 saturated heterocycles. The monoisotopic (exact) mass is 313 g/mol. The van der Waals surface area contributed by atoms with Crippen molar-refractivity contribution in [2.75, 3.05) is 6.26 Å². The number of nitrogens with zero attached hydrogens (tertiary/aromatic N) is 1. The van der Waals surface area contributed by atoms with Crippen LogP contribution in [0.25, 0.3) is 6.08 Å². The van der Waals surface area contributed by atoms with Gasteiger partial charge in [-0.15, -0.1) is 11.8 Å². The van der Waals surface area contributed by atoms with Crippen molar-refractivity contribution in [3.8, 4) is 0 Å². The van der Waals surface area contributed by atoms with E-state index in [4.69, 9.17) is 0 Å². The van der Waals surface area contributed by atoms with E-state index >= 15 is 0 Å². The van der Waals surface area contributed by atoms with Crippen molar-refractivity contribution in [1.29, 1.82) is 0 Å². The second-order valence-electron chi connectivity index (χ2n) is 3.02. The molecule has 0 fully saturated rings. The summed E-state index contributed by atoms with van der Waals surface area (Å²) in [6, 6.07) is 7.76. The minimum atomic E-state index is 0.0140. The number of halogens is 1. The molecule has 1 aromatic rings. The molecule has 1 aliphatic heterocycles. The number of thioether (sulfide) groups is 2. The van der Waals surface area contributed by atoms with Crippen LogP contribution >= 0.6 is 39.5 Å². The summed E-state index contributed by atoms with van der Waals surface area (Å²) < 4.78 is 1.77. The molecule has 1 aliphatic rings. The Bertz CT molecular complexity index is 497. The van der Waals surface area contributed by atoms with Crippen LogP contribution < -0.4 is 0 Å². The van der Waals surface area contributed by atoms with Crippen molar-refractivity contribution < 1.29 is 4.79 Å². The number of benzene rings is 1. The van der Waals surface area contributed by atoms with E-state index in [-0.39, 0.29) is 5.12 Å². The summed E-state index contributed by atoms with van der Waals surface area (Å²) in [6.45, 7) is 0. The molecule has 0 unspecified atom stereocenters. The molecule has 1 aromatic carbocycles. The molecular weight excluding hydrogens is 306 g/mol. The van der Waals surface area contributed by atoms with E-state index in [1.807, 2.05) is 36.6 Å². The summed E-state index contributed by atoms with van der Waals surface area (Å²) in [6.07, 6.45) is 3.73. The van der Waals surface area contributed by atoms with Gasteiger partial charge in [-0.25, -0.2) is 4.99 Å². The van der Waals surface area contributed by atoms with Crippen molar-refractivity contribution in [1.82, 2.24) is 0 Å². The van der Waals surface area contributed by atoms with Gasteiger partial charge in [0.2, 0.25) is 5.12 Å². The van der Waals surface area contributed by atoms with Crippen molar-refractivity contribution >= 4 is 55.0 Å². The van der Waals surface area contributed by atoms with Crippen LogP contribution in [0, 0.1) is 0 Å². The molecule has 2 rings (SSSR count). The number of carbonyl (C=O) groups is 1. The minimum Gasteiger partial charge on any atom is -0.279 e. The van der Waals surface area contributed by atoms with Crippen molar-refractivity contribution in [3.05, 3.63) is 40.0 Å². The Morgan fingerprint density at radius 2 is 2.19 bits per heavy atom. The average Bonchev–Trinajstić information content (AvgIpc) is 2.63. The molecule has 5 heteroatoms. The number of aliphatic imine (C=N–C) groups is 1. The Hall–Kier alpha value is -0.520. The van der Waals surface area contributed by atoms with E-state index in [2.05, 4.69) is 20.9 Å². The van der Waals surface area contributed by atoms with E-state index in [1.165, 1.54) is 23.5 Å². The van der Waals surface area contributed by atoms with Crippen molar-refractivity contribution in [3.63, 3.8) is 0 Å². The van der Waals surface area contributed by atoms with E-state index in [1.54, 1.807) is 0 Å². The highest BCUT2D eigenvalue weighted by Gasteiger charge is 2.21. The fourth-order valence-corrected chi connectivity index (χ4v) is 2.88. The third-order valence-corrected chi connectivity index (χ3v) is 4.55. The Morgan fingerprint density at radius 1 is 1.44 bits per heavy atom. The predicted molar refractivity (Wildman–Crippen MR) is 75.7 cm³/mol. The van der Waals surface area contributed by atoms with Crippen LogP contribution in [-0.4, -0.2) is 15.7 Å². The lowest BCUT2D eigenvalue weighted by Gasteiger charge is -1.97. The molecule has 0 saturated carbocycles. The SMILES string of the molecule is CSC1=NC(=Cc2ccccc2Br)C(=O)S1. The molecule has 0 N–H and O–H groups in total. The Kier molecular flexibility index (Phi) is 3.89. The molecule has 1 heterocycles. The van der Waals surface area contributed by atoms with E-state index in [0.29, 0.717) is 5.70 Å². The molecular formula is C11H8BrNOS2. The van der Waals surface area contributed by atoms with Gasteiger partial charge in [0.25, 0.3) is 0 Å². The first-order valence-corrected chi connectivity index (χ1v) is 7.35. The molecule has 0 atom stereocenters. The number of hydrogen-bond donors (Lipinski definition) is 0. The van der Waals surface area contributed by atoms with Crippen LogP contribution in [-0.2, 0) is 4.79 Å². The zero-order chi connectivity index (χ0) is 11.5. The number of hydrogen-bond acceptors (Lipinski definition) is 4. The first kappa shape index (κ1) is 12.0. The molecule has 0 spiro atoms. The number of carbonyl (C=O) groups excluding carboxylic acids is 1. The first-order valence-electron chi connectivity index (χ1n) is 4.52. The summed E-state index contributed by atoms with van der Waals surface area (Å²) in [5.74, 6) is 0. The number of rotatable bonds is 1. The smallest absolute Gasteiger partial charge is 0.244 e. The lowest BCUT2D eigenvalue weighted by Crippen LogP contribution is -1.88. The maximum atomic E-state index is 11.6. The second-order valence-corrected chi connectivity index (χ2v) is 5.89. The molecule has 0 aromatic heterocycles. The van der Waals surface area contributed by atoms with Gasteiger partial charge in [0.05, 0.1) is 0 Å². The van der Waals surface area contributed by atoms with Gasteiger partial charge < -0.3 is 0 Å². The maximum absolute atomic E-state index is 11.6. The normalized spacial score (nSPS) is 18.0. The molecule has 0 radical (unpaired) electrons. The van der Waals surface area contributed by atoms with Gasteiger partial charge >= 0.3 is 0 Å². The summed E-state index contributed by atoms with van der Waals surface area (Å²) >= 11 is 6.12. The zero-order valence-electron chi connectivity index (χ0n) is 8.44. The van der Waals surface area contributed by atoms with Crippen molar-refractivity contribution in [2.45, 2.75) is 0 Å². The van der Waals surface area contributed by atoms with Gasteiger partial charge in [-0.3, -0.25) is 4.79 Å².